The Kier molecular flexibility index (Phi) is 5.34. The molecular weight excluding hydrogens is 294 g/mol. The molecule has 1 aromatic heterocycles. The van der Waals surface area contributed by atoms with Gasteiger partial charge in [0.1, 0.15) is 0 Å². The zero-order valence-corrected chi connectivity index (χ0v) is 14.8. The van der Waals surface area contributed by atoms with Crippen molar-refractivity contribution in [3.8, 4) is 0 Å². The van der Waals surface area contributed by atoms with Crippen LogP contribution in [0.15, 0.2) is 54.7 Å². The summed E-state index contributed by atoms with van der Waals surface area (Å²) in [7, 11) is 2.17. The van der Waals surface area contributed by atoms with Crippen LogP contribution in [0.4, 0.5) is 0 Å². The number of benzene rings is 2. The number of fused-ring (bicyclic) bond motifs is 1. The molecule has 24 heavy (non-hydrogen) atoms. The summed E-state index contributed by atoms with van der Waals surface area (Å²) in [6.07, 6.45) is 2.00. The number of aromatic nitrogens is 1. The van der Waals surface area contributed by atoms with E-state index in [1.165, 1.54) is 27.6 Å². The number of nitrogens with one attached hydrogen (secondary N) is 2. The van der Waals surface area contributed by atoms with Gasteiger partial charge in [-0.05, 0) is 49.7 Å². The summed E-state index contributed by atoms with van der Waals surface area (Å²) in [4.78, 5) is 5.63. The van der Waals surface area contributed by atoms with E-state index in [4.69, 9.17) is 0 Å². The fraction of sp³-hybridized carbons (Fsp3) is 0.333. The van der Waals surface area contributed by atoms with Gasteiger partial charge < -0.3 is 10.3 Å². The molecule has 0 aliphatic rings. The molecule has 0 amide bonds. The Hall–Kier alpha value is -2.10. The minimum absolute atomic E-state index is 0.564. The molecular formula is C21H27N3. The molecule has 0 saturated carbocycles. The topological polar surface area (TPSA) is 31.1 Å². The molecule has 0 unspecified atom stereocenters. The first-order valence-corrected chi connectivity index (χ1v) is 8.67. The SMILES string of the molecule is CC(C)N(C)Cc1cccc(CNCc2cccc3[nH]ccc23)c1. The summed E-state index contributed by atoms with van der Waals surface area (Å²) in [5, 5.41) is 4.88. The molecule has 3 aromatic rings. The first-order valence-electron chi connectivity index (χ1n) is 8.67. The van der Waals surface area contributed by atoms with Crippen molar-refractivity contribution in [2.24, 2.45) is 0 Å². The van der Waals surface area contributed by atoms with E-state index in [1.54, 1.807) is 0 Å². The molecule has 3 heteroatoms. The summed E-state index contributed by atoms with van der Waals surface area (Å²) in [5.74, 6) is 0. The Morgan fingerprint density at radius 3 is 2.62 bits per heavy atom. The lowest BCUT2D eigenvalue weighted by molar-refractivity contribution is 0.266. The van der Waals surface area contributed by atoms with Crippen LogP contribution in [0.3, 0.4) is 0 Å². The molecule has 0 fully saturated rings. The van der Waals surface area contributed by atoms with Crippen LogP contribution in [0.1, 0.15) is 30.5 Å². The first-order chi connectivity index (χ1) is 11.6. The van der Waals surface area contributed by atoms with Crippen molar-refractivity contribution < 1.29 is 0 Å². The highest BCUT2D eigenvalue weighted by atomic mass is 15.1. The summed E-state index contributed by atoms with van der Waals surface area (Å²) < 4.78 is 0. The number of hydrogen-bond acceptors (Lipinski definition) is 2. The maximum Gasteiger partial charge on any atom is 0.0457 e. The lowest BCUT2D eigenvalue weighted by atomic mass is 10.1. The third-order valence-electron chi connectivity index (χ3n) is 4.63. The van der Waals surface area contributed by atoms with Gasteiger partial charge in [0.15, 0.2) is 0 Å². The van der Waals surface area contributed by atoms with Crippen LogP contribution >= 0.6 is 0 Å². The van der Waals surface area contributed by atoms with E-state index < -0.39 is 0 Å². The predicted octanol–water partition coefficient (Wildman–Crippen LogP) is 4.30. The zero-order chi connectivity index (χ0) is 16.9. The average Bonchev–Trinajstić information content (AvgIpc) is 3.04. The summed E-state index contributed by atoms with van der Waals surface area (Å²) in [6.45, 7) is 7.22. The van der Waals surface area contributed by atoms with Gasteiger partial charge in [-0.2, -0.15) is 0 Å². The second-order valence-electron chi connectivity index (χ2n) is 6.79. The Labute approximate surface area is 144 Å². The van der Waals surface area contributed by atoms with Gasteiger partial charge in [0, 0.05) is 42.8 Å². The quantitative estimate of drug-likeness (QED) is 0.680. The van der Waals surface area contributed by atoms with Crippen molar-refractivity contribution in [1.29, 1.82) is 0 Å². The van der Waals surface area contributed by atoms with Crippen LogP contribution < -0.4 is 5.32 Å². The molecule has 0 aliphatic heterocycles. The van der Waals surface area contributed by atoms with E-state index in [0.29, 0.717) is 6.04 Å². The van der Waals surface area contributed by atoms with Gasteiger partial charge in [-0.15, -0.1) is 0 Å². The van der Waals surface area contributed by atoms with Crippen molar-refractivity contribution in [1.82, 2.24) is 15.2 Å². The molecule has 1 heterocycles. The molecule has 0 spiro atoms. The minimum Gasteiger partial charge on any atom is -0.361 e. The van der Waals surface area contributed by atoms with Crippen LogP contribution in [-0.2, 0) is 19.6 Å². The maximum absolute atomic E-state index is 3.58. The maximum atomic E-state index is 3.58. The molecule has 3 nitrogen and oxygen atoms in total. The van der Waals surface area contributed by atoms with Crippen LogP contribution in [0.2, 0.25) is 0 Å². The molecule has 0 radical (unpaired) electrons. The molecule has 0 atom stereocenters. The lowest BCUT2D eigenvalue weighted by Crippen LogP contribution is -2.25. The smallest absolute Gasteiger partial charge is 0.0457 e. The van der Waals surface area contributed by atoms with Crippen LogP contribution in [0, 0.1) is 0 Å². The van der Waals surface area contributed by atoms with Gasteiger partial charge in [-0.25, -0.2) is 0 Å². The molecule has 126 valence electrons. The summed E-state index contributed by atoms with van der Waals surface area (Å²) in [5.41, 5.74) is 5.25. The fourth-order valence-electron chi connectivity index (χ4n) is 2.95. The number of aromatic amines is 1. The van der Waals surface area contributed by atoms with Crippen molar-refractivity contribution in [2.75, 3.05) is 7.05 Å². The van der Waals surface area contributed by atoms with Crippen molar-refractivity contribution >= 4 is 10.9 Å². The third kappa shape index (κ3) is 4.05. The highest BCUT2D eigenvalue weighted by Gasteiger charge is 2.05. The largest absolute Gasteiger partial charge is 0.361 e. The van der Waals surface area contributed by atoms with Gasteiger partial charge in [0.25, 0.3) is 0 Å². The van der Waals surface area contributed by atoms with Gasteiger partial charge in [-0.1, -0.05) is 36.4 Å². The van der Waals surface area contributed by atoms with E-state index in [1.807, 2.05) is 6.20 Å². The Morgan fingerprint density at radius 1 is 1.00 bits per heavy atom. The van der Waals surface area contributed by atoms with Gasteiger partial charge >= 0.3 is 0 Å². The predicted molar refractivity (Wildman–Crippen MR) is 102 cm³/mol. The molecule has 0 bridgehead atoms. The standard InChI is InChI=1S/C21H27N3/c1-16(2)24(3)15-18-7-4-6-17(12-18)13-22-14-19-8-5-9-21-20(19)10-11-23-21/h4-12,16,22-23H,13-15H2,1-3H3. The monoisotopic (exact) mass is 321 g/mol. The normalized spacial score (nSPS) is 11.7. The Morgan fingerprint density at radius 2 is 1.79 bits per heavy atom. The number of nitrogens with zero attached hydrogens (tertiary/aromatic N) is 1. The second-order valence-corrected chi connectivity index (χ2v) is 6.79. The van der Waals surface area contributed by atoms with E-state index in [-0.39, 0.29) is 0 Å². The van der Waals surface area contributed by atoms with Crippen molar-refractivity contribution in [2.45, 2.75) is 39.5 Å². The molecule has 0 saturated heterocycles. The second kappa shape index (κ2) is 7.65. The highest BCUT2D eigenvalue weighted by Crippen LogP contribution is 2.17. The Bertz CT molecular complexity index is 788. The van der Waals surface area contributed by atoms with Crippen molar-refractivity contribution in [3.05, 3.63) is 71.4 Å². The van der Waals surface area contributed by atoms with Crippen LogP contribution in [0.25, 0.3) is 10.9 Å². The Balaban J connectivity index is 1.60. The lowest BCUT2D eigenvalue weighted by Gasteiger charge is -2.21. The van der Waals surface area contributed by atoms with Gasteiger partial charge in [0.2, 0.25) is 0 Å². The van der Waals surface area contributed by atoms with Crippen LogP contribution in [-0.4, -0.2) is 23.0 Å². The third-order valence-corrected chi connectivity index (χ3v) is 4.63. The van der Waals surface area contributed by atoms with Crippen LogP contribution in [0.5, 0.6) is 0 Å². The van der Waals surface area contributed by atoms with Crippen molar-refractivity contribution in [3.63, 3.8) is 0 Å². The highest BCUT2D eigenvalue weighted by molar-refractivity contribution is 5.82. The van der Waals surface area contributed by atoms with E-state index in [9.17, 15) is 0 Å². The number of rotatable bonds is 7. The van der Waals surface area contributed by atoms with E-state index in [2.05, 4.69) is 84.6 Å². The molecule has 3 rings (SSSR count). The molecule has 0 aliphatic carbocycles. The fourth-order valence-corrected chi connectivity index (χ4v) is 2.95. The van der Waals surface area contributed by atoms with Gasteiger partial charge in [0.05, 0.1) is 0 Å². The number of hydrogen-bond donors (Lipinski definition) is 2. The molecule has 2 aromatic carbocycles. The average molecular weight is 321 g/mol. The van der Waals surface area contributed by atoms with Gasteiger partial charge in [-0.3, -0.25) is 4.90 Å². The summed E-state index contributed by atoms with van der Waals surface area (Å²) in [6, 6.07) is 18.0. The first kappa shape index (κ1) is 16.7. The number of H-pyrrole nitrogens is 1. The summed E-state index contributed by atoms with van der Waals surface area (Å²) >= 11 is 0. The van der Waals surface area contributed by atoms with E-state index in [0.717, 1.165) is 19.6 Å². The zero-order valence-electron chi connectivity index (χ0n) is 14.8. The molecule has 2 N–H and O–H groups in total. The van der Waals surface area contributed by atoms with E-state index >= 15 is 0 Å². The minimum atomic E-state index is 0.564.